The fourth-order valence-corrected chi connectivity index (χ4v) is 1.49. The van der Waals surface area contributed by atoms with Crippen LogP contribution in [0, 0.1) is 21.4 Å². The van der Waals surface area contributed by atoms with Crippen LogP contribution in [0.1, 0.15) is 5.56 Å². The molecule has 1 aromatic heterocycles. The molecule has 0 aliphatic rings. The molecule has 0 bridgehead atoms. The van der Waals surface area contributed by atoms with Crippen LogP contribution in [0.2, 0.25) is 5.02 Å². The second-order valence-corrected chi connectivity index (χ2v) is 3.94. The Morgan fingerprint density at radius 3 is 2.90 bits per heavy atom. The molecule has 8 nitrogen and oxygen atoms in total. The van der Waals surface area contributed by atoms with Crippen molar-refractivity contribution >= 4 is 23.2 Å². The Labute approximate surface area is 117 Å². The number of hydrogen-bond donors (Lipinski definition) is 1. The van der Waals surface area contributed by atoms with Gasteiger partial charge in [-0.1, -0.05) is 11.6 Å². The second-order valence-electron chi connectivity index (χ2n) is 3.53. The third-order valence-corrected chi connectivity index (χ3v) is 2.48. The number of rotatable bonds is 3. The van der Waals surface area contributed by atoms with Crippen molar-refractivity contribution < 1.29 is 9.66 Å². The molecular weight excluding hydrogens is 286 g/mol. The lowest BCUT2D eigenvalue weighted by Gasteiger charge is -2.07. The van der Waals surface area contributed by atoms with Crippen LogP contribution in [-0.4, -0.2) is 14.9 Å². The SMILES string of the molecule is N#Cc1ccc(Oc2nc(N)ncc2Cl)c([N+](=O)[O-])c1. The van der Waals surface area contributed by atoms with E-state index in [0.717, 1.165) is 6.07 Å². The quantitative estimate of drug-likeness (QED) is 0.678. The number of nitrogens with zero attached hydrogens (tertiary/aromatic N) is 4. The van der Waals surface area contributed by atoms with E-state index in [2.05, 4.69) is 9.97 Å². The van der Waals surface area contributed by atoms with Gasteiger partial charge >= 0.3 is 5.69 Å². The van der Waals surface area contributed by atoms with Gasteiger partial charge in [0.1, 0.15) is 5.02 Å². The first kappa shape index (κ1) is 13.5. The molecule has 0 unspecified atom stereocenters. The van der Waals surface area contributed by atoms with Crippen molar-refractivity contribution in [3.8, 4) is 17.7 Å². The Hall–Kier alpha value is -2.92. The van der Waals surface area contributed by atoms with Gasteiger partial charge in [0.2, 0.25) is 17.6 Å². The van der Waals surface area contributed by atoms with Crippen LogP contribution < -0.4 is 10.5 Å². The number of hydrogen-bond acceptors (Lipinski definition) is 7. The van der Waals surface area contributed by atoms with Crippen molar-refractivity contribution in [1.82, 2.24) is 9.97 Å². The number of ether oxygens (including phenoxy) is 1. The first-order valence-electron chi connectivity index (χ1n) is 5.15. The molecule has 0 atom stereocenters. The molecule has 0 saturated heterocycles. The number of nitro groups is 1. The van der Waals surface area contributed by atoms with E-state index in [1.807, 2.05) is 0 Å². The number of nitrogen functional groups attached to an aromatic ring is 1. The van der Waals surface area contributed by atoms with E-state index in [9.17, 15) is 10.1 Å². The third-order valence-electron chi connectivity index (χ3n) is 2.22. The van der Waals surface area contributed by atoms with Crippen LogP contribution in [0.25, 0.3) is 0 Å². The topological polar surface area (TPSA) is 128 Å². The van der Waals surface area contributed by atoms with Gasteiger partial charge < -0.3 is 10.5 Å². The summed E-state index contributed by atoms with van der Waals surface area (Å²) in [5, 5.41) is 19.7. The monoisotopic (exact) mass is 291 g/mol. The van der Waals surface area contributed by atoms with Gasteiger partial charge in [0.05, 0.1) is 22.8 Å². The second kappa shape index (κ2) is 5.38. The van der Waals surface area contributed by atoms with E-state index in [0.29, 0.717) is 0 Å². The average Bonchev–Trinajstić information content (AvgIpc) is 2.43. The van der Waals surface area contributed by atoms with Crippen molar-refractivity contribution in [2.45, 2.75) is 0 Å². The molecule has 9 heteroatoms. The zero-order valence-corrected chi connectivity index (χ0v) is 10.5. The van der Waals surface area contributed by atoms with E-state index in [1.165, 1.54) is 18.3 Å². The number of anilines is 1. The molecule has 0 spiro atoms. The van der Waals surface area contributed by atoms with E-state index in [4.69, 9.17) is 27.3 Å². The highest BCUT2D eigenvalue weighted by atomic mass is 35.5. The molecule has 2 rings (SSSR count). The minimum absolute atomic E-state index is 0.0536. The number of nitrogens with two attached hydrogens (primary N) is 1. The highest BCUT2D eigenvalue weighted by Gasteiger charge is 2.18. The molecular formula is C11H6ClN5O3. The molecule has 0 radical (unpaired) electrons. The minimum atomic E-state index is -0.672. The van der Waals surface area contributed by atoms with E-state index < -0.39 is 4.92 Å². The molecule has 100 valence electrons. The van der Waals surface area contributed by atoms with Crippen molar-refractivity contribution in [1.29, 1.82) is 5.26 Å². The molecule has 1 heterocycles. The lowest BCUT2D eigenvalue weighted by Crippen LogP contribution is -1.99. The minimum Gasteiger partial charge on any atom is -0.430 e. The fourth-order valence-electron chi connectivity index (χ4n) is 1.36. The molecule has 0 aliphatic heterocycles. The predicted octanol–water partition coefficient (Wildman–Crippen LogP) is 2.28. The van der Waals surface area contributed by atoms with Gasteiger partial charge in [-0.2, -0.15) is 10.2 Å². The van der Waals surface area contributed by atoms with E-state index in [-0.39, 0.29) is 33.9 Å². The smallest absolute Gasteiger partial charge is 0.312 e. The van der Waals surface area contributed by atoms with Crippen LogP contribution in [-0.2, 0) is 0 Å². The third kappa shape index (κ3) is 2.73. The zero-order chi connectivity index (χ0) is 14.7. The summed E-state index contributed by atoms with van der Waals surface area (Å²) in [4.78, 5) is 17.7. The summed E-state index contributed by atoms with van der Waals surface area (Å²) in [5.41, 5.74) is 5.15. The van der Waals surface area contributed by atoms with Gasteiger partial charge in [0.25, 0.3) is 0 Å². The molecule has 20 heavy (non-hydrogen) atoms. The molecule has 0 fully saturated rings. The van der Waals surface area contributed by atoms with Gasteiger partial charge in [-0.05, 0) is 12.1 Å². The van der Waals surface area contributed by atoms with Crippen molar-refractivity contribution in [3.05, 3.63) is 45.1 Å². The summed E-state index contributed by atoms with van der Waals surface area (Å²) in [5.74, 6) is -0.290. The summed E-state index contributed by atoms with van der Waals surface area (Å²) in [6.45, 7) is 0. The molecule has 0 aliphatic carbocycles. The molecule has 0 saturated carbocycles. The first-order chi connectivity index (χ1) is 9.51. The van der Waals surface area contributed by atoms with Crippen LogP contribution >= 0.6 is 11.6 Å². The summed E-state index contributed by atoms with van der Waals surface area (Å²) in [7, 11) is 0. The maximum absolute atomic E-state index is 11.0. The number of nitriles is 1. The van der Waals surface area contributed by atoms with Crippen LogP contribution in [0.4, 0.5) is 11.6 Å². The lowest BCUT2D eigenvalue weighted by molar-refractivity contribution is -0.385. The summed E-state index contributed by atoms with van der Waals surface area (Å²) >= 11 is 5.81. The lowest BCUT2D eigenvalue weighted by atomic mass is 10.2. The largest absolute Gasteiger partial charge is 0.430 e. The Balaban J connectivity index is 2.46. The van der Waals surface area contributed by atoms with Gasteiger partial charge in [-0.15, -0.1) is 0 Å². The summed E-state index contributed by atoms with van der Waals surface area (Å²) in [6.07, 6.45) is 1.22. The highest BCUT2D eigenvalue weighted by Crippen LogP contribution is 2.34. The van der Waals surface area contributed by atoms with E-state index >= 15 is 0 Å². The Bertz CT molecular complexity index is 728. The number of benzene rings is 1. The number of aromatic nitrogens is 2. The first-order valence-corrected chi connectivity index (χ1v) is 5.53. The Morgan fingerprint density at radius 1 is 1.50 bits per heavy atom. The van der Waals surface area contributed by atoms with Gasteiger partial charge in [-0.3, -0.25) is 10.1 Å². The number of halogens is 1. The number of nitro benzene ring substituents is 1. The van der Waals surface area contributed by atoms with Gasteiger partial charge in [-0.25, -0.2) is 4.98 Å². The van der Waals surface area contributed by atoms with E-state index in [1.54, 1.807) is 6.07 Å². The Kier molecular flexibility index (Phi) is 3.63. The molecule has 2 aromatic rings. The highest BCUT2D eigenvalue weighted by molar-refractivity contribution is 6.31. The van der Waals surface area contributed by atoms with Gasteiger partial charge in [0, 0.05) is 6.07 Å². The maximum atomic E-state index is 11.0. The predicted molar refractivity (Wildman–Crippen MR) is 69.3 cm³/mol. The molecule has 2 N–H and O–H groups in total. The Morgan fingerprint density at radius 2 is 2.25 bits per heavy atom. The summed E-state index contributed by atoms with van der Waals surface area (Å²) in [6, 6.07) is 5.55. The molecule has 1 aromatic carbocycles. The van der Waals surface area contributed by atoms with Crippen molar-refractivity contribution in [3.63, 3.8) is 0 Å². The molecule has 0 amide bonds. The van der Waals surface area contributed by atoms with Crippen LogP contribution in [0.3, 0.4) is 0 Å². The fraction of sp³-hybridized carbons (Fsp3) is 0. The zero-order valence-electron chi connectivity index (χ0n) is 9.78. The van der Waals surface area contributed by atoms with Crippen LogP contribution in [0.15, 0.2) is 24.4 Å². The van der Waals surface area contributed by atoms with Crippen molar-refractivity contribution in [2.75, 3.05) is 5.73 Å². The van der Waals surface area contributed by atoms with Crippen molar-refractivity contribution in [2.24, 2.45) is 0 Å². The maximum Gasteiger partial charge on any atom is 0.312 e. The van der Waals surface area contributed by atoms with Crippen LogP contribution in [0.5, 0.6) is 11.6 Å². The normalized spacial score (nSPS) is 9.80. The average molecular weight is 292 g/mol. The van der Waals surface area contributed by atoms with Gasteiger partial charge in [0.15, 0.2) is 0 Å². The standard InChI is InChI=1S/C11H6ClN5O3/c12-7-5-15-11(14)16-10(7)20-9-2-1-6(4-13)3-8(9)17(18)19/h1-3,5H,(H2,14,15,16). The summed E-state index contributed by atoms with van der Waals surface area (Å²) < 4.78 is 5.27.